The van der Waals surface area contributed by atoms with Crippen molar-refractivity contribution in [2.75, 3.05) is 25.5 Å². The number of fused-ring (bicyclic) bond motifs is 1. The minimum atomic E-state index is 0.722. The highest BCUT2D eigenvalue weighted by Crippen LogP contribution is 2.20. The van der Waals surface area contributed by atoms with Crippen LogP contribution in [0.15, 0.2) is 30.3 Å². The summed E-state index contributed by atoms with van der Waals surface area (Å²) in [4.78, 5) is 6.74. The molecule has 2 N–H and O–H groups in total. The lowest BCUT2D eigenvalue weighted by atomic mass is 10.1. The number of aromatic nitrogens is 1. The van der Waals surface area contributed by atoms with Gasteiger partial charge in [0.15, 0.2) is 0 Å². The molecule has 0 spiro atoms. The molecule has 0 aliphatic heterocycles. The average molecular weight is 229 g/mol. The van der Waals surface area contributed by atoms with Crippen LogP contribution in [-0.2, 0) is 6.42 Å². The lowest BCUT2D eigenvalue weighted by Gasteiger charge is -2.13. The van der Waals surface area contributed by atoms with Crippen LogP contribution in [0, 0.1) is 0 Å². The Morgan fingerprint density at radius 1 is 1.18 bits per heavy atom. The van der Waals surface area contributed by atoms with E-state index in [1.165, 1.54) is 11.1 Å². The number of benzene rings is 1. The number of nitrogens with two attached hydrogens (primary N) is 1. The van der Waals surface area contributed by atoms with Gasteiger partial charge in [-0.3, -0.25) is 4.98 Å². The van der Waals surface area contributed by atoms with Crippen molar-refractivity contribution in [3.63, 3.8) is 0 Å². The summed E-state index contributed by atoms with van der Waals surface area (Å²) in [6.45, 7) is 0.722. The maximum absolute atomic E-state index is 5.51. The van der Waals surface area contributed by atoms with Gasteiger partial charge in [-0.2, -0.15) is 0 Å². The molecule has 0 saturated carbocycles. The molecule has 0 fully saturated rings. The first-order valence-electron chi connectivity index (χ1n) is 5.98. The van der Waals surface area contributed by atoms with Crippen molar-refractivity contribution in [2.45, 2.75) is 12.8 Å². The molecule has 3 heteroatoms. The molecule has 1 heterocycles. The van der Waals surface area contributed by atoms with E-state index in [2.05, 4.69) is 40.2 Å². The first-order chi connectivity index (χ1) is 8.20. The number of nitrogens with zero attached hydrogens (tertiary/aromatic N) is 2. The summed E-state index contributed by atoms with van der Waals surface area (Å²) in [5, 5.41) is 1.19. The molecule has 0 aliphatic rings. The standard InChI is InChI=1S/C14H19N3/c1-17(2)13-7-8-14-11(10-13)5-6-12(16-14)4-3-9-15/h5-8,10H,3-4,9,15H2,1-2H3. The number of aryl methyl sites for hydroxylation is 1. The van der Waals surface area contributed by atoms with Crippen molar-refractivity contribution in [1.29, 1.82) is 0 Å². The van der Waals surface area contributed by atoms with Crippen molar-refractivity contribution in [3.8, 4) is 0 Å². The third kappa shape index (κ3) is 2.74. The largest absolute Gasteiger partial charge is 0.378 e. The van der Waals surface area contributed by atoms with Gasteiger partial charge in [-0.1, -0.05) is 6.07 Å². The Kier molecular flexibility index (Phi) is 3.59. The van der Waals surface area contributed by atoms with E-state index in [4.69, 9.17) is 5.73 Å². The van der Waals surface area contributed by atoms with Gasteiger partial charge in [0.2, 0.25) is 0 Å². The molecular formula is C14H19N3. The number of hydrogen-bond donors (Lipinski definition) is 1. The Balaban J connectivity index is 2.33. The molecular weight excluding hydrogens is 210 g/mol. The average Bonchev–Trinajstić information content (AvgIpc) is 2.35. The number of rotatable bonds is 4. The van der Waals surface area contributed by atoms with Crippen LogP contribution < -0.4 is 10.6 Å². The number of pyridine rings is 1. The van der Waals surface area contributed by atoms with Gasteiger partial charge < -0.3 is 10.6 Å². The molecule has 0 bridgehead atoms. The molecule has 0 atom stereocenters. The van der Waals surface area contributed by atoms with E-state index in [-0.39, 0.29) is 0 Å². The van der Waals surface area contributed by atoms with Gasteiger partial charge in [0, 0.05) is 30.9 Å². The second-order valence-electron chi connectivity index (χ2n) is 4.47. The smallest absolute Gasteiger partial charge is 0.0706 e. The predicted octanol–water partition coefficient (Wildman–Crippen LogP) is 2.19. The SMILES string of the molecule is CN(C)c1ccc2nc(CCCN)ccc2c1. The zero-order valence-corrected chi connectivity index (χ0v) is 10.5. The van der Waals surface area contributed by atoms with Crippen molar-refractivity contribution in [2.24, 2.45) is 5.73 Å². The van der Waals surface area contributed by atoms with Crippen molar-refractivity contribution < 1.29 is 0 Å². The third-order valence-corrected chi connectivity index (χ3v) is 2.88. The first-order valence-corrected chi connectivity index (χ1v) is 5.98. The summed E-state index contributed by atoms with van der Waals surface area (Å²) in [6.07, 6.45) is 1.95. The highest BCUT2D eigenvalue weighted by atomic mass is 15.1. The number of anilines is 1. The fourth-order valence-corrected chi connectivity index (χ4v) is 1.86. The lowest BCUT2D eigenvalue weighted by Crippen LogP contribution is -2.08. The highest BCUT2D eigenvalue weighted by Gasteiger charge is 2.01. The van der Waals surface area contributed by atoms with Crippen LogP contribution in [0.25, 0.3) is 10.9 Å². The van der Waals surface area contributed by atoms with Gasteiger partial charge in [-0.05, 0) is 43.7 Å². The van der Waals surface area contributed by atoms with Crippen molar-refractivity contribution in [1.82, 2.24) is 4.98 Å². The molecule has 0 radical (unpaired) electrons. The third-order valence-electron chi connectivity index (χ3n) is 2.88. The van der Waals surface area contributed by atoms with Crippen LogP contribution >= 0.6 is 0 Å². The zero-order chi connectivity index (χ0) is 12.3. The van der Waals surface area contributed by atoms with Gasteiger partial charge >= 0.3 is 0 Å². The normalized spacial score (nSPS) is 10.8. The predicted molar refractivity (Wildman–Crippen MR) is 73.4 cm³/mol. The topological polar surface area (TPSA) is 42.2 Å². The molecule has 2 rings (SSSR count). The second-order valence-corrected chi connectivity index (χ2v) is 4.47. The second kappa shape index (κ2) is 5.15. The summed E-state index contributed by atoms with van der Waals surface area (Å²) >= 11 is 0. The van der Waals surface area contributed by atoms with Gasteiger partial charge in [0.25, 0.3) is 0 Å². The molecule has 1 aromatic carbocycles. The summed E-state index contributed by atoms with van der Waals surface area (Å²) in [6, 6.07) is 10.6. The molecule has 17 heavy (non-hydrogen) atoms. The van der Waals surface area contributed by atoms with Crippen LogP contribution in [0.3, 0.4) is 0 Å². The highest BCUT2D eigenvalue weighted by molar-refractivity contribution is 5.82. The maximum Gasteiger partial charge on any atom is 0.0706 e. The van der Waals surface area contributed by atoms with Crippen LogP contribution in [0.4, 0.5) is 5.69 Å². The Morgan fingerprint density at radius 3 is 2.71 bits per heavy atom. The minimum absolute atomic E-state index is 0.722. The molecule has 90 valence electrons. The molecule has 2 aromatic rings. The van der Waals surface area contributed by atoms with E-state index in [0.29, 0.717) is 0 Å². The molecule has 0 unspecified atom stereocenters. The minimum Gasteiger partial charge on any atom is -0.378 e. The van der Waals surface area contributed by atoms with Crippen LogP contribution in [0.5, 0.6) is 0 Å². The van der Waals surface area contributed by atoms with E-state index < -0.39 is 0 Å². The van der Waals surface area contributed by atoms with Crippen LogP contribution in [0.1, 0.15) is 12.1 Å². The maximum atomic E-state index is 5.51. The van der Waals surface area contributed by atoms with Crippen LogP contribution in [0.2, 0.25) is 0 Å². The van der Waals surface area contributed by atoms with Gasteiger partial charge in [0.05, 0.1) is 5.52 Å². The summed E-state index contributed by atoms with van der Waals surface area (Å²) in [7, 11) is 4.09. The van der Waals surface area contributed by atoms with Gasteiger partial charge in [-0.25, -0.2) is 0 Å². The molecule has 1 aromatic heterocycles. The lowest BCUT2D eigenvalue weighted by molar-refractivity contribution is 0.814. The Morgan fingerprint density at radius 2 is 2.00 bits per heavy atom. The fourth-order valence-electron chi connectivity index (χ4n) is 1.86. The van der Waals surface area contributed by atoms with Crippen molar-refractivity contribution in [3.05, 3.63) is 36.0 Å². The zero-order valence-electron chi connectivity index (χ0n) is 10.5. The Hall–Kier alpha value is -1.61. The van der Waals surface area contributed by atoms with E-state index in [1.807, 2.05) is 14.1 Å². The van der Waals surface area contributed by atoms with Gasteiger partial charge in [0.1, 0.15) is 0 Å². The molecule has 0 saturated heterocycles. The molecule has 3 nitrogen and oxygen atoms in total. The first kappa shape index (κ1) is 11.9. The van der Waals surface area contributed by atoms with E-state index in [0.717, 1.165) is 30.6 Å². The Labute approximate surface area is 102 Å². The van der Waals surface area contributed by atoms with Crippen molar-refractivity contribution >= 4 is 16.6 Å². The quantitative estimate of drug-likeness (QED) is 0.874. The van der Waals surface area contributed by atoms with E-state index in [9.17, 15) is 0 Å². The van der Waals surface area contributed by atoms with Crippen LogP contribution in [-0.4, -0.2) is 25.6 Å². The summed E-state index contributed by atoms with van der Waals surface area (Å²) < 4.78 is 0. The van der Waals surface area contributed by atoms with E-state index in [1.54, 1.807) is 0 Å². The Bertz CT molecular complexity index is 506. The molecule has 0 aliphatic carbocycles. The number of hydrogen-bond acceptors (Lipinski definition) is 3. The molecule has 0 amide bonds. The van der Waals surface area contributed by atoms with E-state index >= 15 is 0 Å². The monoisotopic (exact) mass is 229 g/mol. The summed E-state index contributed by atoms with van der Waals surface area (Å²) in [5.74, 6) is 0. The van der Waals surface area contributed by atoms with Gasteiger partial charge in [-0.15, -0.1) is 0 Å². The summed E-state index contributed by atoms with van der Waals surface area (Å²) in [5.41, 5.74) is 8.90. The fraction of sp³-hybridized carbons (Fsp3) is 0.357.